The molecular formula is C18H24N2O. The van der Waals surface area contributed by atoms with E-state index in [4.69, 9.17) is 4.42 Å². The maximum Gasteiger partial charge on any atom is 0.117 e. The Morgan fingerprint density at radius 3 is 2.48 bits per heavy atom. The zero-order valence-corrected chi connectivity index (χ0v) is 12.7. The third kappa shape index (κ3) is 4.45. The standard InChI is InChI=1S/C18H24N2O/c1-2-20(14-18-4-3-11-21-18)13-16-7-5-15(6-8-16)12-19-17-9-10-17/h3-8,11,17,19H,2,9-10,12-14H2,1H3. The number of nitrogens with zero attached hydrogens (tertiary/aromatic N) is 1. The third-order valence-corrected chi connectivity index (χ3v) is 4.01. The van der Waals surface area contributed by atoms with Gasteiger partial charge in [-0.25, -0.2) is 0 Å². The largest absolute Gasteiger partial charge is 0.468 e. The number of hydrogen-bond donors (Lipinski definition) is 1. The normalized spacial score (nSPS) is 14.8. The summed E-state index contributed by atoms with van der Waals surface area (Å²) >= 11 is 0. The molecule has 1 aliphatic rings. The molecule has 3 heteroatoms. The van der Waals surface area contributed by atoms with Crippen molar-refractivity contribution in [3.8, 4) is 0 Å². The number of hydrogen-bond acceptors (Lipinski definition) is 3. The van der Waals surface area contributed by atoms with E-state index in [1.165, 1.54) is 24.0 Å². The van der Waals surface area contributed by atoms with Gasteiger partial charge in [0, 0.05) is 19.1 Å². The highest BCUT2D eigenvalue weighted by Gasteiger charge is 2.19. The van der Waals surface area contributed by atoms with E-state index in [1.54, 1.807) is 6.26 Å². The molecule has 2 aromatic rings. The fourth-order valence-corrected chi connectivity index (χ4v) is 2.47. The van der Waals surface area contributed by atoms with Crippen LogP contribution >= 0.6 is 0 Å². The summed E-state index contributed by atoms with van der Waals surface area (Å²) in [6, 6.07) is 13.7. The van der Waals surface area contributed by atoms with Crippen LogP contribution in [-0.2, 0) is 19.6 Å². The highest BCUT2D eigenvalue weighted by molar-refractivity contribution is 5.22. The van der Waals surface area contributed by atoms with E-state index in [1.807, 2.05) is 12.1 Å². The lowest BCUT2D eigenvalue weighted by molar-refractivity contribution is 0.248. The molecule has 1 N–H and O–H groups in total. The van der Waals surface area contributed by atoms with Gasteiger partial charge in [-0.05, 0) is 42.6 Å². The number of benzene rings is 1. The van der Waals surface area contributed by atoms with E-state index in [-0.39, 0.29) is 0 Å². The second-order valence-corrected chi connectivity index (χ2v) is 5.85. The van der Waals surface area contributed by atoms with Crippen LogP contribution in [0.1, 0.15) is 36.7 Å². The molecule has 1 aliphatic carbocycles. The molecule has 0 unspecified atom stereocenters. The van der Waals surface area contributed by atoms with Crippen LogP contribution in [0.4, 0.5) is 0 Å². The quantitative estimate of drug-likeness (QED) is 0.803. The summed E-state index contributed by atoms with van der Waals surface area (Å²) in [5.74, 6) is 1.03. The van der Waals surface area contributed by atoms with Crippen molar-refractivity contribution in [1.29, 1.82) is 0 Å². The molecule has 0 amide bonds. The lowest BCUT2D eigenvalue weighted by Gasteiger charge is -2.19. The SMILES string of the molecule is CCN(Cc1ccc(CNC2CC2)cc1)Cc1ccco1. The minimum atomic E-state index is 0.772. The molecule has 1 aromatic carbocycles. The molecule has 1 aromatic heterocycles. The van der Waals surface area contributed by atoms with E-state index in [0.717, 1.165) is 38.0 Å². The molecule has 0 radical (unpaired) electrons. The minimum Gasteiger partial charge on any atom is -0.468 e. The topological polar surface area (TPSA) is 28.4 Å². The summed E-state index contributed by atoms with van der Waals surface area (Å²) in [6.07, 6.45) is 4.43. The number of rotatable bonds is 8. The summed E-state index contributed by atoms with van der Waals surface area (Å²) in [6.45, 7) is 6.04. The monoisotopic (exact) mass is 284 g/mol. The highest BCUT2D eigenvalue weighted by Crippen LogP contribution is 2.19. The molecular weight excluding hydrogens is 260 g/mol. The van der Waals surface area contributed by atoms with Crippen molar-refractivity contribution < 1.29 is 4.42 Å². The third-order valence-electron chi connectivity index (χ3n) is 4.01. The van der Waals surface area contributed by atoms with Gasteiger partial charge in [0.05, 0.1) is 12.8 Å². The van der Waals surface area contributed by atoms with E-state index in [9.17, 15) is 0 Å². The Morgan fingerprint density at radius 1 is 1.10 bits per heavy atom. The Morgan fingerprint density at radius 2 is 1.86 bits per heavy atom. The second kappa shape index (κ2) is 6.92. The van der Waals surface area contributed by atoms with Crippen LogP contribution in [0.3, 0.4) is 0 Å². The first-order chi connectivity index (χ1) is 10.3. The predicted octanol–water partition coefficient (Wildman–Crippen LogP) is 3.55. The Balaban J connectivity index is 1.52. The molecule has 3 rings (SSSR count). The predicted molar refractivity (Wildman–Crippen MR) is 84.8 cm³/mol. The van der Waals surface area contributed by atoms with Crippen molar-refractivity contribution >= 4 is 0 Å². The molecule has 1 saturated carbocycles. The van der Waals surface area contributed by atoms with Crippen molar-refractivity contribution in [2.24, 2.45) is 0 Å². The molecule has 112 valence electrons. The summed E-state index contributed by atoms with van der Waals surface area (Å²) in [4.78, 5) is 2.39. The molecule has 21 heavy (non-hydrogen) atoms. The van der Waals surface area contributed by atoms with Gasteiger partial charge in [-0.2, -0.15) is 0 Å². The van der Waals surface area contributed by atoms with Crippen molar-refractivity contribution in [2.75, 3.05) is 6.54 Å². The van der Waals surface area contributed by atoms with Gasteiger partial charge >= 0.3 is 0 Å². The Labute approximate surface area is 127 Å². The molecule has 0 spiro atoms. The lowest BCUT2D eigenvalue weighted by Crippen LogP contribution is -2.22. The van der Waals surface area contributed by atoms with Gasteiger partial charge < -0.3 is 9.73 Å². The van der Waals surface area contributed by atoms with Gasteiger partial charge in [-0.3, -0.25) is 4.90 Å². The first-order valence-electron chi connectivity index (χ1n) is 7.89. The lowest BCUT2D eigenvalue weighted by atomic mass is 10.1. The van der Waals surface area contributed by atoms with Crippen molar-refractivity contribution in [2.45, 2.75) is 45.4 Å². The maximum absolute atomic E-state index is 5.43. The maximum atomic E-state index is 5.43. The first kappa shape index (κ1) is 14.4. The van der Waals surface area contributed by atoms with Crippen molar-refractivity contribution in [1.82, 2.24) is 10.2 Å². The Kier molecular flexibility index (Phi) is 4.73. The van der Waals surface area contributed by atoms with Crippen LogP contribution in [0.5, 0.6) is 0 Å². The van der Waals surface area contributed by atoms with Crippen molar-refractivity contribution in [3.63, 3.8) is 0 Å². The molecule has 1 fully saturated rings. The summed E-state index contributed by atoms with van der Waals surface area (Å²) in [7, 11) is 0. The Hall–Kier alpha value is -1.58. The van der Waals surface area contributed by atoms with E-state index < -0.39 is 0 Å². The molecule has 0 aliphatic heterocycles. The van der Waals surface area contributed by atoms with Crippen LogP contribution in [0.15, 0.2) is 47.1 Å². The van der Waals surface area contributed by atoms with Gasteiger partial charge in [-0.15, -0.1) is 0 Å². The summed E-state index contributed by atoms with van der Waals surface area (Å²) in [5, 5.41) is 3.55. The van der Waals surface area contributed by atoms with Crippen LogP contribution in [0.2, 0.25) is 0 Å². The zero-order chi connectivity index (χ0) is 14.5. The second-order valence-electron chi connectivity index (χ2n) is 5.85. The average Bonchev–Trinajstić information content (AvgIpc) is 3.21. The minimum absolute atomic E-state index is 0.772. The van der Waals surface area contributed by atoms with E-state index >= 15 is 0 Å². The van der Waals surface area contributed by atoms with Crippen LogP contribution in [0.25, 0.3) is 0 Å². The summed E-state index contributed by atoms with van der Waals surface area (Å²) in [5.41, 5.74) is 2.73. The van der Waals surface area contributed by atoms with Gasteiger partial charge in [0.2, 0.25) is 0 Å². The molecule has 0 bridgehead atoms. The molecule has 0 saturated heterocycles. The first-order valence-corrected chi connectivity index (χ1v) is 7.89. The molecule has 3 nitrogen and oxygen atoms in total. The van der Waals surface area contributed by atoms with Gasteiger partial charge in [0.15, 0.2) is 0 Å². The average molecular weight is 284 g/mol. The molecule has 1 heterocycles. The smallest absolute Gasteiger partial charge is 0.117 e. The van der Waals surface area contributed by atoms with E-state index in [0.29, 0.717) is 0 Å². The number of nitrogens with one attached hydrogen (secondary N) is 1. The van der Waals surface area contributed by atoms with Gasteiger partial charge in [0.25, 0.3) is 0 Å². The van der Waals surface area contributed by atoms with Crippen LogP contribution < -0.4 is 5.32 Å². The van der Waals surface area contributed by atoms with Crippen LogP contribution in [-0.4, -0.2) is 17.5 Å². The fraction of sp³-hybridized carbons (Fsp3) is 0.444. The molecule has 0 atom stereocenters. The fourth-order valence-electron chi connectivity index (χ4n) is 2.47. The summed E-state index contributed by atoms with van der Waals surface area (Å²) < 4.78 is 5.43. The number of furan rings is 1. The van der Waals surface area contributed by atoms with Gasteiger partial charge in [0.1, 0.15) is 5.76 Å². The highest BCUT2D eigenvalue weighted by atomic mass is 16.3. The zero-order valence-electron chi connectivity index (χ0n) is 12.7. The van der Waals surface area contributed by atoms with Gasteiger partial charge in [-0.1, -0.05) is 31.2 Å². The Bertz CT molecular complexity index is 529. The van der Waals surface area contributed by atoms with Crippen molar-refractivity contribution in [3.05, 3.63) is 59.5 Å². The van der Waals surface area contributed by atoms with E-state index in [2.05, 4.69) is 41.4 Å². The van der Waals surface area contributed by atoms with Crippen LogP contribution in [0, 0.1) is 0 Å².